The second-order valence-electron chi connectivity index (χ2n) is 4.89. The van der Waals surface area contributed by atoms with Crippen LogP contribution in [0.3, 0.4) is 0 Å². The van der Waals surface area contributed by atoms with Crippen LogP contribution in [-0.2, 0) is 6.42 Å². The molecule has 2 aromatic carbocycles. The lowest BCUT2D eigenvalue weighted by Gasteiger charge is -2.07. The van der Waals surface area contributed by atoms with E-state index in [9.17, 15) is 14.4 Å². The fraction of sp³-hybridized carbons (Fsp3) is 0.0588. The molecule has 0 saturated carbocycles. The van der Waals surface area contributed by atoms with E-state index in [1.54, 1.807) is 12.1 Å². The Balaban J connectivity index is 2.03. The van der Waals surface area contributed by atoms with Crippen molar-refractivity contribution in [2.75, 3.05) is 0 Å². The molecule has 0 bridgehead atoms. The number of aromatic nitrogens is 2. The minimum atomic E-state index is -0.560. The van der Waals surface area contributed by atoms with Crippen LogP contribution in [0, 0.1) is 5.82 Å². The highest BCUT2D eigenvalue weighted by Crippen LogP contribution is 2.17. The lowest BCUT2D eigenvalue weighted by atomic mass is 10.1. The van der Waals surface area contributed by atoms with Crippen molar-refractivity contribution >= 4 is 0 Å². The first-order valence-electron chi connectivity index (χ1n) is 6.75. The van der Waals surface area contributed by atoms with E-state index in [4.69, 9.17) is 0 Å². The summed E-state index contributed by atoms with van der Waals surface area (Å²) in [6, 6.07) is 15.1. The summed E-state index contributed by atoms with van der Waals surface area (Å²) in [6.45, 7) is 0. The monoisotopic (exact) mass is 296 g/mol. The summed E-state index contributed by atoms with van der Waals surface area (Å²) in [5, 5.41) is 9.76. The van der Waals surface area contributed by atoms with Crippen molar-refractivity contribution in [1.29, 1.82) is 0 Å². The fourth-order valence-electron chi connectivity index (χ4n) is 2.19. The van der Waals surface area contributed by atoms with E-state index in [2.05, 4.69) is 4.98 Å². The minimum absolute atomic E-state index is 0.232. The van der Waals surface area contributed by atoms with Gasteiger partial charge in [0.1, 0.15) is 11.5 Å². The van der Waals surface area contributed by atoms with Gasteiger partial charge in [-0.1, -0.05) is 30.3 Å². The first-order valence-corrected chi connectivity index (χ1v) is 6.75. The fourth-order valence-corrected chi connectivity index (χ4v) is 2.19. The number of rotatable bonds is 3. The number of nitrogens with zero attached hydrogens (tertiary/aromatic N) is 2. The van der Waals surface area contributed by atoms with Crippen molar-refractivity contribution in [3.8, 4) is 11.3 Å². The van der Waals surface area contributed by atoms with E-state index >= 15 is 0 Å². The van der Waals surface area contributed by atoms with Gasteiger partial charge in [0.05, 0.1) is 11.9 Å². The molecule has 22 heavy (non-hydrogen) atoms. The van der Waals surface area contributed by atoms with Crippen LogP contribution in [0.4, 0.5) is 4.39 Å². The number of hydrogen-bond acceptors (Lipinski definition) is 3. The van der Waals surface area contributed by atoms with Gasteiger partial charge in [-0.05, 0) is 29.8 Å². The molecule has 0 atom stereocenters. The van der Waals surface area contributed by atoms with Gasteiger partial charge in [0.2, 0.25) is 0 Å². The highest BCUT2D eigenvalue weighted by Gasteiger charge is 2.10. The molecule has 0 aliphatic rings. The summed E-state index contributed by atoms with van der Waals surface area (Å²) in [5.41, 5.74) is 1.63. The number of halogens is 1. The average molecular weight is 296 g/mol. The third-order valence-corrected chi connectivity index (χ3v) is 3.31. The van der Waals surface area contributed by atoms with E-state index in [0.29, 0.717) is 22.4 Å². The summed E-state index contributed by atoms with van der Waals surface area (Å²) < 4.78 is 13.5. The molecule has 3 aromatic rings. The third kappa shape index (κ3) is 2.88. The summed E-state index contributed by atoms with van der Waals surface area (Å²) in [7, 11) is 0. The quantitative estimate of drug-likeness (QED) is 0.756. The van der Waals surface area contributed by atoms with E-state index in [1.165, 1.54) is 18.3 Å². The first-order chi connectivity index (χ1) is 10.6. The van der Waals surface area contributed by atoms with Gasteiger partial charge in [-0.3, -0.25) is 4.79 Å². The standard InChI is InChI=1S/C17H13FN2O2/c18-14-8-6-13(7-9-14)16-11-20(22)17(21)15(19-16)10-12-4-2-1-3-5-12/h1-9,11,22H,10H2. The molecule has 0 aliphatic heterocycles. The number of benzene rings is 2. The molecule has 0 unspecified atom stereocenters. The Morgan fingerprint density at radius 1 is 1.05 bits per heavy atom. The van der Waals surface area contributed by atoms with Crippen LogP contribution >= 0.6 is 0 Å². The Labute approximate surface area is 126 Å². The van der Waals surface area contributed by atoms with Gasteiger partial charge in [-0.25, -0.2) is 9.37 Å². The molecule has 1 aromatic heterocycles. The van der Waals surface area contributed by atoms with E-state index in [-0.39, 0.29) is 11.5 Å². The smallest absolute Gasteiger partial charge is 0.304 e. The number of hydrogen-bond donors (Lipinski definition) is 1. The Bertz CT molecular complexity index is 843. The van der Waals surface area contributed by atoms with Gasteiger partial charge in [-0.2, -0.15) is 4.73 Å². The zero-order valence-electron chi connectivity index (χ0n) is 11.6. The molecular formula is C17H13FN2O2. The van der Waals surface area contributed by atoms with E-state index < -0.39 is 5.56 Å². The molecule has 1 heterocycles. The predicted molar refractivity (Wildman–Crippen MR) is 80.3 cm³/mol. The Kier molecular flexibility index (Phi) is 3.70. The molecule has 1 N–H and O–H groups in total. The molecular weight excluding hydrogens is 283 g/mol. The van der Waals surface area contributed by atoms with Crippen molar-refractivity contribution in [3.05, 3.63) is 88.2 Å². The van der Waals surface area contributed by atoms with Gasteiger partial charge in [-0.15, -0.1) is 0 Å². The summed E-state index contributed by atoms with van der Waals surface area (Å²) in [6.07, 6.45) is 1.54. The normalized spacial score (nSPS) is 10.6. The highest BCUT2D eigenvalue weighted by atomic mass is 19.1. The maximum atomic E-state index is 13.0. The zero-order chi connectivity index (χ0) is 15.5. The lowest BCUT2D eigenvalue weighted by Crippen LogP contribution is -2.24. The van der Waals surface area contributed by atoms with Crippen molar-refractivity contribution in [2.45, 2.75) is 6.42 Å². The van der Waals surface area contributed by atoms with Gasteiger partial charge in [0.25, 0.3) is 0 Å². The molecule has 0 saturated heterocycles. The second-order valence-corrected chi connectivity index (χ2v) is 4.89. The van der Waals surface area contributed by atoms with Gasteiger partial charge in [0.15, 0.2) is 0 Å². The van der Waals surface area contributed by atoms with Crippen LogP contribution in [0.25, 0.3) is 11.3 Å². The molecule has 110 valence electrons. The predicted octanol–water partition coefficient (Wildman–Crippen LogP) is 2.88. The highest BCUT2D eigenvalue weighted by molar-refractivity contribution is 5.58. The maximum absolute atomic E-state index is 13.0. The Morgan fingerprint density at radius 3 is 2.41 bits per heavy atom. The molecule has 5 heteroatoms. The third-order valence-electron chi connectivity index (χ3n) is 3.31. The Morgan fingerprint density at radius 2 is 1.73 bits per heavy atom. The van der Waals surface area contributed by atoms with E-state index in [0.717, 1.165) is 5.56 Å². The van der Waals surface area contributed by atoms with Crippen LogP contribution in [0.15, 0.2) is 65.6 Å². The maximum Gasteiger partial charge on any atom is 0.304 e. The first kappa shape index (κ1) is 14.0. The summed E-state index contributed by atoms with van der Waals surface area (Å²) in [4.78, 5) is 16.3. The average Bonchev–Trinajstić information content (AvgIpc) is 2.53. The van der Waals surface area contributed by atoms with Gasteiger partial charge < -0.3 is 5.21 Å². The lowest BCUT2D eigenvalue weighted by molar-refractivity contribution is 0.173. The van der Waals surface area contributed by atoms with Crippen molar-refractivity contribution in [2.24, 2.45) is 0 Å². The van der Waals surface area contributed by atoms with Crippen molar-refractivity contribution in [1.82, 2.24) is 9.71 Å². The van der Waals surface area contributed by atoms with Crippen molar-refractivity contribution in [3.63, 3.8) is 0 Å². The molecule has 4 nitrogen and oxygen atoms in total. The van der Waals surface area contributed by atoms with E-state index in [1.807, 2.05) is 30.3 Å². The molecule has 0 fully saturated rings. The van der Waals surface area contributed by atoms with Gasteiger partial charge in [0, 0.05) is 12.0 Å². The summed E-state index contributed by atoms with van der Waals surface area (Å²) in [5.74, 6) is -0.356. The van der Waals surface area contributed by atoms with Crippen LogP contribution in [0.2, 0.25) is 0 Å². The zero-order valence-corrected chi connectivity index (χ0v) is 11.6. The molecule has 0 radical (unpaired) electrons. The molecule has 0 amide bonds. The second kappa shape index (κ2) is 5.81. The summed E-state index contributed by atoms with van der Waals surface area (Å²) >= 11 is 0. The van der Waals surface area contributed by atoms with Crippen LogP contribution in [0.1, 0.15) is 11.3 Å². The largest absolute Gasteiger partial charge is 0.425 e. The van der Waals surface area contributed by atoms with Crippen LogP contribution < -0.4 is 5.56 Å². The molecule has 0 spiro atoms. The molecule has 0 aliphatic carbocycles. The van der Waals surface area contributed by atoms with Gasteiger partial charge >= 0.3 is 5.56 Å². The minimum Gasteiger partial charge on any atom is -0.425 e. The molecule has 3 rings (SSSR count). The van der Waals surface area contributed by atoms with Crippen LogP contribution in [-0.4, -0.2) is 14.9 Å². The SMILES string of the molecule is O=c1c(Cc2ccccc2)nc(-c2ccc(F)cc2)cn1O. The van der Waals surface area contributed by atoms with Crippen molar-refractivity contribution < 1.29 is 9.60 Å². The topological polar surface area (TPSA) is 55.1 Å². The Hall–Kier alpha value is -2.95. The van der Waals surface area contributed by atoms with Crippen LogP contribution in [0.5, 0.6) is 0 Å².